The summed E-state index contributed by atoms with van der Waals surface area (Å²) in [4.78, 5) is 14.7. The molecule has 1 amide bonds. The Morgan fingerprint density at radius 2 is 1.82 bits per heavy atom. The van der Waals surface area contributed by atoms with Crippen molar-refractivity contribution in [1.29, 1.82) is 0 Å². The highest BCUT2D eigenvalue weighted by Crippen LogP contribution is 2.31. The Kier molecular flexibility index (Phi) is 7.93. The first-order valence-corrected chi connectivity index (χ1v) is 12.2. The van der Waals surface area contributed by atoms with Crippen LogP contribution in [-0.2, 0) is 4.79 Å². The number of thiocarbonyl (C=S) groups is 1. The van der Waals surface area contributed by atoms with Crippen molar-refractivity contribution in [1.82, 2.24) is 5.32 Å². The lowest BCUT2D eigenvalue weighted by atomic mass is 9.99. The molecule has 5 nitrogen and oxygen atoms in total. The molecule has 1 saturated heterocycles. The molecular formula is C26H25Cl2N3O2S. The van der Waals surface area contributed by atoms with Crippen molar-refractivity contribution < 1.29 is 9.21 Å². The fourth-order valence-corrected chi connectivity index (χ4v) is 4.49. The molecule has 8 heteroatoms. The van der Waals surface area contributed by atoms with E-state index in [-0.39, 0.29) is 11.0 Å². The molecule has 4 rings (SSSR count). The van der Waals surface area contributed by atoms with Gasteiger partial charge in [0.2, 0.25) is 5.91 Å². The summed E-state index contributed by atoms with van der Waals surface area (Å²) < 4.78 is 5.76. The minimum Gasteiger partial charge on any atom is -0.457 e. The number of carbonyl (C=O) groups excluding carboxylic acids is 1. The van der Waals surface area contributed by atoms with Crippen LogP contribution in [-0.4, -0.2) is 24.1 Å². The average molecular weight is 514 g/mol. The summed E-state index contributed by atoms with van der Waals surface area (Å²) in [6, 6.07) is 16.8. The second kappa shape index (κ2) is 11.1. The smallest absolute Gasteiger partial charge is 0.250 e. The van der Waals surface area contributed by atoms with Crippen LogP contribution < -0.4 is 15.5 Å². The first-order chi connectivity index (χ1) is 16.4. The van der Waals surface area contributed by atoms with E-state index < -0.39 is 0 Å². The largest absolute Gasteiger partial charge is 0.457 e. The third kappa shape index (κ3) is 6.41. The Morgan fingerprint density at radius 3 is 2.53 bits per heavy atom. The van der Waals surface area contributed by atoms with Crippen LogP contribution in [0.25, 0.3) is 17.4 Å². The van der Waals surface area contributed by atoms with Crippen molar-refractivity contribution >= 4 is 63.9 Å². The molecule has 1 aliphatic heterocycles. The van der Waals surface area contributed by atoms with E-state index in [0.29, 0.717) is 21.6 Å². The number of anilines is 2. The molecule has 2 heterocycles. The number of hydrogen-bond acceptors (Lipinski definition) is 4. The number of carbonyl (C=O) groups is 1. The number of rotatable bonds is 5. The molecule has 1 fully saturated rings. The molecule has 0 unspecified atom stereocenters. The van der Waals surface area contributed by atoms with Gasteiger partial charge in [-0.3, -0.25) is 10.1 Å². The van der Waals surface area contributed by atoms with Crippen molar-refractivity contribution in [3.8, 4) is 11.3 Å². The van der Waals surface area contributed by atoms with Crippen molar-refractivity contribution in [3.63, 3.8) is 0 Å². The maximum Gasteiger partial charge on any atom is 0.250 e. The number of halogens is 2. The zero-order chi connectivity index (χ0) is 24.1. The summed E-state index contributed by atoms with van der Waals surface area (Å²) in [5.74, 6) is 1.53. The average Bonchev–Trinajstić information content (AvgIpc) is 3.27. The predicted octanol–water partition coefficient (Wildman–Crippen LogP) is 7.02. The second-order valence-corrected chi connectivity index (χ2v) is 9.57. The summed E-state index contributed by atoms with van der Waals surface area (Å²) in [5.41, 5.74) is 2.74. The van der Waals surface area contributed by atoms with E-state index in [9.17, 15) is 4.79 Å². The van der Waals surface area contributed by atoms with Gasteiger partial charge in [0.1, 0.15) is 11.5 Å². The molecule has 0 aliphatic carbocycles. The van der Waals surface area contributed by atoms with Gasteiger partial charge in [-0.25, -0.2) is 0 Å². The van der Waals surface area contributed by atoms with Crippen molar-refractivity contribution in [2.75, 3.05) is 23.3 Å². The minimum absolute atomic E-state index is 0.224. The highest BCUT2D eigenvalue weighted by atomic mass is 35.5. The number of hydrogen-bond donors (Lipinski definition) is 2. The molecule has 0 radical (unpaired) electrons. The lowest BCUT2D eigenvalue weighted by Crippen LogP contribution is -2.33. The van der Waals surface area contributed by atoms with Gasteiger partial charge >= 0.3 is 0 Å². The van der Waals surface area contributed by atoms with Crippen LogP contribution in [0.1, 0.15) is 25.5 Å². The lowest BCUT2D eigenvalue weighted by molar-refractivity contribution is -0.115. The molecule has 0 spiro atoms. The van der Waals surface area contributed by atoms with Crippen LogP contribution in [0.15, 0.2) is 65.1 Å². The maximum absolute atomic E-state index is 12.3. The van der Waals surface area contributed by atoms with Gasteiger partial charge in [-0.2, -0.15) is 0 Å². The molecule has 1 aromatic heterocycles. The monoisotopic (exact) mass is 513 g/mol. The lowest BCUT2D eigenvalue weighted by Gasteiger charge is -2.32. The molecule has 3 aromatic rings. The van der Waals surface area contributed by atoms with Crippen LogP contribution in [0.2, 0.25) is 10.0 Å². The van der Waals surface area contributed by atoms with Gasteiger partial charge in [0.05, 0.1) is 5.02 Å². The maximum atomic E-state index is 12.3. The van der Waals surface area contributed by atoms with Gasteiger partial charge in [0.15, 0.2) is 5.11 Å². The molecule has 2 aromatic carbocycles. The molecule has 34 heavy (non-hydrogen) atoms. The second-order valence-electron chi connectivity index (χ2n) is 8.32. The van der Waals surface area contributed by atoms with Gasteiger partial charge in [0, 0.05) is 41.1 Å². The summed E-state index contributed by atoms with van der Waals surface area (Å²) in [7, 11) is 0. The molecular weight excluding hydrogens is 489 g/mol. The fraction of sp³-hybridized carbons (Fsp3) is 0.231. The fourth-order valence-electron chi connectivity index (χ4n) is 3.77. The zero-order valence-corrected chi connectivity index (χ0v) is 21.0. The molecule has 1 aliphatic rings. The van der Waals surface area contributed by atoms with Gasteiger partial charge in [-0.05, 0) is 91.7 Å². The van der Waals surface area contributed by atoms with Crippen LogP contribution in [0.5, 0.6) is 0 Å². The van der Waals surface area contributed by atoms with Crippen molar-refractivity contribution in [2.45, 2.75) is 19.8 Å². The standard InChI is InChI=1S/C26H25Cl2N3O2S/c1-17-12-14-31(15-13-17)20-5-3-19(4-6-20)29-26(34)30-25(32)11-8-21-7-10-24(33-21)22-9-2-18(27)16-23(22)28/h2-11,16-17H,12-15H2,1H3,(H2,29,30,32,34)/b11-8+. The highest BCUT2D eigenvalue weighted by molar-refractivity contribution is 7.80. The Labute approximate surface area is 214 Å². The molecule has 0 bridgehead atoms. The third-order valence-electron chi connectivity index (χ3n) is 5.73. The van der Waals surface area contributed by atoms with E-state index in [1.165, 1.54) is 24.6 Å². The van der Waals surface area contributed by atoms with Crippen molar-refractivity contribution in [2.24, 2.45) is 5.92 Å². The third-order valence-corrected chi connectivity index (χ3v) is 6.48. The van der Waals surface area contributed by atoms with E-state index >= 15 is 0 Å². The summed E-state index contributed by atoms with van der Waals surface area (Å²) >= 11 is 17.4. The Hall–Kier alpha value is -2.80. The Bertz CT molecular complexity index is 1200. The Balaban J connectivity index is 1.28. The first kappa shape index (κ1) is 24.3. The molecule has 0 atom stereocenters. The summed E-state index contributed by atoms with van der Waals surface area (Å²) in [6.45, 7) is 4.47. The first-order valence-electron chi connectivity index (χ1n) is 11.1. The number of benzene rings is 2. The SMILES string of the molecule is CC1CCN(c2ccc(NC(=S)NC(=O)/C=C/c3ccc(-c4ccc(Cl)cc4Cl)o3)cc2)CC1. The van der Waals surface area contributed by atoms with E-state index in [4.69, 9.17) is 39.8 Å². The zero-order valence-electron chi connectivity index (χ0n) is 18.7. The normalized spacial score (nSPS) is 14.4. The van der Waals surface area contributed by atoms with Gasteiger partial charge in [-0.15, -0.1) is 0 Å². The number of nitrogens with zero attached hydrogens (tertiary/aromatic N) is 1. The highest BCUT2D eigenvalue weighted by Gasteiger charge is 2.16. The molecule has 0 saturated carbocycles. The van der Waals surface area contributed by atoms with Gasteiger partial charge < -0.3 is 14.6 Å². The van der Waals surface area contributed by atoms with E-state index in [1.807, 2.05) is 12.1 Å². The van der Waals surface area contributed by atoms with Crippen LogP contribution in [0, 0.1) is 5.92 Å². The summed E-state index contributed by atoms with van der Waals surface area (Å²) in [6.07, 6.45) is 5.37. The number of amides is 1. The molecule has 176 valence electrons. The number of furan rings is 1. The van der Waals surface area contributed by atoms with E-state index in [2.05, 4.69) is 34.6 Å². The topological polar surface area (TPSA) is 57.5 Å². The van der Waals surface area contributed by atoms with Crippen molar-refractivity contribution in [3.05, 3.63) is 76.5 Å². The number of nitrogens with one attached hydrogen (secondary N) is 2. The van der Waals surface area contributed by atoms with E-state index in [0.717, 1.165) is 30.3 Å². The quantitative estimate of drug-likeness (QED) is 0.283. The van der Waals surface area contributed by atoms with Gasteiger partial charge in [-0.1, -0.05) is 30.1 Å². The Morgan fingerprint density at radius 1 is 1.09 bits per heavy atom. The molecule has 2 N–H and O–H groups in total. The summed E-state index contributed by atoms with van der Waals surface area (Å²) in [5, 5.41) is 6.95. The van der Waals surface area contributed by atoms with Crippen LogP contribution in [0.4, 0.5) is 11.4 Å². The number of piperidine rings is 1. The van der Waals surface area contributed by atoms with E-state index in [1.54, 1.807) is 36.4 Å². The van der Waals surface area contributed by atoms with Crippen LogP contribution >= 0.6 is 35.4 Å². The van der Waals surface area contributed by atoms with Crippen LogP contribution in [0.3, 0.4) is 0 Å². The predicted molar refractivity (Wildman–Crippen MR) is 145 cm³/mol. The van der Waals surface area contributed by atoms with Gasteiger partial charge in [0.25, 0.3) is 0 Å². The minimum atomic E-state index is -0.362.